The molecule has 0 aliphatic carbocycles. The molecule has 2 rings (SSSR count). The van der Waals surface area contributed by atoms with Crippen LogP contribution in [0.25, 0.3) is 0 Å². The molecule has 1 saturated heterocycles. The molecule has 2 N–H and O–H groups in total. The smallest absolute Gasteiger partial charge is 0.200 e. The van der Waals surface area contributed by atoms with Gasteiger partial charge in [0.05, 0.1) is 0 Å². The first kappa shape index (κ1) is 19.4. The zero-order valence-corrected chi connectivity index (χ0v) is 12.9. The molecule has 0 spiro atoms. The second-order valence-corrected chi connectivity index (χ2v) is 4.51. The monoisotopic (exact) mass is 328 g/mol. The van der Waals surface area contributed by atoms with E-state index in [1.54, 1.807) is 0 Å². The van der Waals surface area contributed by atoms with Gasteiger partial charge in [-0.05, 0) is 12.5 Å². The Morgan fingerprint density at radius 1 is 1.25 bits per heavy atom. The summed E-state index contributed by atoms with van der Waals surface area (Å²) in [5, 5.41) is 13.0. The molecule has 1 aromatic carbocycles. The number of rotatable bonds is 3. The van der Waals surface area contributed by atoms with Crippen LogP contribution >= 0.6 is 24.8 Å². The lowest BCUT2D eigenvalue weighted by molar-refractivity contribution is 0.166. The summed E-state index contributed by atoms with van der Waals surface area (Å²) >= 11 is 0. The minimum absolute atomic E-state index is 0. The summed E-state index contributed by atoms with van der Waals surface area (Å²) in [6, 6.07) is 2.49. The van der Waals surface area contributed by atoms with Gasteiger partial charge in [0.2, 0.25) is 5.82 Å². The molecule has 20 heavy (non-hydrogen) atoms. The van der Waals surface area contributed by atoms with Gasteiger partial charge in [-0.15, -0.1) is 24.8 Å². The van der Waals surface area contributed by atoms with E-state index in [2.05, 4.69) is 10.2 Å². The normalized spacial score (nSPS) is 16.9. The zero-order chi connectivity index (χ0) is 13.1. The first-order valence-corrected chi connectivity index (χ1v) is 6.26. The largest absolute Gasteiger partial charge is 0.505 e. The van der Waals surface area contributed by atoms with E-state index in [0.29, 0.717) is 5.56 Å². The lowest BCUT2D eigenvalue weighted by atomic mass is 10.0. The van der Waals surface area contributed by atoms with E-state index in [4.69, 9.17) is 0 Å². The van der Waals surface area contributed by atoms with Crippen LogP contribution in [0.5, 0.6) is 5.75 Å². The third-order valence-electron chi connectivity index (χ3n) is 3.44. The van der Waals surface area contributed by atoms with Crippen LogP contribution in [0.4, 0.5) is 8.78 Å². The Balaban J connectivity index is 0.00000180. The van der Waals surface area contributed by atoms with E-state index < -0.39 is 17.4 Å². The van der Waals surface area contributed by atoms with Crippen molar-refractivity contribution in [3.8, 4) is 5.75 Å². The first-order valence-electron chi connectivity index (χ1n) is 6.26. The van der Waals surface area contributed by atoms with Gasteiger partial charge in [-0.1, -0.05) is 13.0 Å². The van der Waals surface area contributed by atoms with Crippen LogP contribution < -0.4 is 5.32 Å². The van der Waals surface area contributed by atoms with Gasteiger partial charge >= 0.3 is 0 Å². The number of benzene rings is 1. The predicted molar refractivity (Wildman–Crippen MR) is 80.0 cm³/mol. The second kappa shape index (κ2) is 8.62. The molecule has 0 radical (unpaired) electrons. The fraction of sp³-hybridized carbons (Fsp3) is 0.538. The van der Waals surface area contributed by atoms with E-state index in [1.165, 1.54) is 6.07 Å². The molecule has 0 saturated carbocycles. The van der Waals surface area contributed by atoms with Gasteiger partial charge < -0.3 is 10.4 Å². The molecule has 1 aliphatic heterocycles. The number of nitrogens with one attached hydrogen (secondary N) is 1. The molecule has 1 heterocycles. The number of phenolic OH excluding ortho intramolecular Hbond substituents is 1. The Bertz CT molecular complexity index is 429. The van der Waals surface area contributed by atoms with Crippen molar-refractivity contribution in [2.24, 2.45) is 0 Å². The SMILES string of the molecule is CC[C@H](c1ccc(F)c(F)c1O)N1CCNCC1.Cl.Cl. The van der Waals surface area contributed by atoms with Crippen molar-refractivity contribution in [1.29, 1.82) is 0 Å². The number of hydrogen-bond donors (Lipinski definition) is 2. The van der Waals surface area contributed by atoms with Crippen LogP contribution in [0.1, 0.15) is 24.9 Å². The second-order valence-electron chi connectivity index (χ2n) is 4.51. The molecule has 0 amide bonds. The van der Waals surface area contributed by atoms with Gasteiger partial charge in [0.25, 0.3) is 0 Å². The third kappa shape index (κ3) is 3.95. The molecule has 1 aromatic rings. The maximum Gasteiger partial charge on any atom is 0.200 e. The average molecular weight is 329 g/mol. The predicted octanol–water partition coefficient (Wildman–Crippen LogP) is 2.87. The van der Waals surface area contributed by atoms with Gasteiger partial charge in [0.1, 0.15) is 0 Å². The van der Waals surface area contributed by atoms with Crippen molar-refractivity contribution in [2.75, 3.05) is 26.2 Å². The van der Waals surface area contributed by atoms with Crippen LogP contribution in [0.2, 0.25) is 0 Å². The highest BCUT2D eigenvalue weighted by atomic mass is 35.5. The van der Waals surface area contributed by atoms with Crippen LogP contribution in [-0.2, 0) is 0 Å². The highest BCUT2D eigenvalue weighted by Gasteiger charge is 2.25. The van der Waals surface area contributed by atoms with Crippen LogP contribution in [-0.4, -0.2) is 36.2 Å². The summed E-state index contributed by atoms with van der Waals surface area (Å²) < 4.78 is 26.4. The van der Waals surface area contributed by atoms with Crippen molar-refractivity contribution < 1.29 is 13.9 Å². The zero-order valence-electron chi connectivity index (χ0n) is 11.2. The minimum atomic E-state index is -1.15. The number of piperazine rings is 1. The minimum Gasteiger partial charge on any atom is -0.505 e. The van der Waals surface area contributed by atoms with E-state index in [9.17, 15) is 13.9 Å². The Kier molecular flexibility index (Phi) is 8.35. The quantitative estimate of drug-likeness (QED) is 0.895. The molecule has 3 nitrogen and oxygen atoms in total. The topological polar surface area (TPSA) is 35.5 Å². The maximum atomic E-state index is 13.4. The Labute approximate surface area is 130 Å². The van der Waals surface area contributed by atoms with Gasteiger partial charge in [0.15, 0.2) is 11.6 Å². The summed E-state index contributed by atoms with van der Waals surface area (Å²) in [6.45, 7) is 5.42. The average Bonchev–Trinajstić information content (AvgIpc) is 2.41. The molecular weight excluding hydrogens is 309 g/mol. The maximum absolute atomic E-state index is 13.4. The van der Waals surface area contributed by atoms with Gasteiger partial charge in [-0.25, -0.2) is 4.39 Å². The molecule has 1 fully saturated rings. The number of hydrogen-bond acceptors (Lipinski definition) is 3. The Morgan fingerprint density at radius 3 is 2.40 bits per heavy atom. The van der Waals surface area contributed by atoms with Gasteiger partial charge in [-0.3, -0.25) is 4.90 Å². The Hall–Kier alpha value is -0.620. The van der Waals surface area contributed by atoms with E-state index in [-0.39, 0.29) is 30.9 Å². The highest BCUT2D eigenvalue weighted by molar-refractivity contribution is 5.85. The standard InChI is InChI=1S/C13H18F2N2O.2ClH/c1-2-11(17-7-5-16-6-8-17)9-3-4-10(14)12(15)13(9)18;;/h3-4,11,16,18H,2,5-8H2,1H3;2*1H/t11-;;/m1../s1. The number of halogens is 4. The molecule has 0 aromatic heterocycles. The summed E-state index contributed by atoms with van der Waals surface area (Å²) in [5.41, 5.74) is 0.471. The van der Waals surface area contributed by atoms with Crippen molar-refractivity contribution >= 4 is 24.8 Å². The fourth-order valence-corrected chi connectivity index (χ4v) is 2.49. The molecule has 1 aliphatic rings. The summed E-state index contributed by atoms with van der Waals surface area (Å²) in [7, 11) is 0. The third-order valence-corrected chi connectivity index (χ3v) is 3.44. The van der Waals surface area contributed by atoms with Crippen molar-refractivity contribution in [3.63, 3.8) is 0 Å². The summed E-state index contributed by atoms with van der Waals surface area (Å²) in [4.78, 5) is 2.18. The van der Waals surface area contributed by atoms with Crippen molar-refractivity contribution in [1.82, 2.24) is 10.2 Å². The number of aromatic hydroxyl groups is 1. The number of phenols is 1. The summed E-state index contributed by atoms with van der Waals surface area (Å²) in [6.07, 6.45) is 0.749. The van der Waals surface area contributed by atoms with Crippen molar-refractivity contribution in [2.45, 2.75) is 19.4 Å². The fourth-order valence-electron chi connectivity index (χ4n) is 2.49. The molecule has 1 atom stereocenters. The van der Waals surface area contributed by atoms with E-state index in [0.717, 1.165) is 38.7 Å². The molecular formula is C13H20Cl2F2N2O. The van der Waals surface area contributed by atoms with E-state index in [1.807, 2.05) is 6.92 Å². The van der Waals surface area contributed by atoms with Gasteiger partial charge in [0, 0.05) is 37.8 Å². The molecule has 0 bridgehead atoms. The lowest BCUT2D eigenvalue weighted by Crippen LogP contribution is -2.45. The van der Waals surface area contributed by atoms with Crippen LogP contribution in [0.15, 0.2) is 12.1 Å². The van der Waals surface area contributed by atoms with Gasteiger partial charge in [-0.2, -0.15) is 4.39 Å². The van der Waals surface area contributed by atoms with Crippen molar-refractivity contribution in [3.05, 3.63) is 29.3 Å². The molecule has 0 unspecified atom stereocenters. The number of nitrogens with zero attached hydrogens (tertiary/aromatic N) is 1. The van der Waals surface area contributed by atoms with Crippen LogP contribution in [0.3, 0.4) is 0 Å². The Morgan fingerprint density at radius 2 is 1.85 bits per heavy atom. The molecule has 7 heteroatoms. The lowest BCUT2D eigenvalue weighted by Gasteiger charge is -2.35. The summed E-state index contributed by atoms with van der Waals surface area (Å²) in [5.74, 6) is -2.71. The van der Waals surface area contributed by atoms with Crippen LogP contribution in [0, 0.1) is 11.6 Å². The first-order chi connectivity index (χ1) is 8.65. The highest BCUT2D eigenvalue weighted by Crippen LogP contribution is 2.33. The van der Waals surface area contributed by atoms with E-state index >= 15 is 0 Å². The molecule has 116 valence electrons.